The van der Waals surface area contributed by atoms with Crippen molar-refractivity contribution in [3.05, 3.63) is 18.2 Å². The Balaban J connectivity index is 1.53. The molecule has 3 aromatic rings. The number of hydrogen-bond donors (Lipinski definition) is 1. The van der Waals surface area contributed by atoms with Gasteiger partial charge in [0, 0.05) is 51.9 Å². The van der Waals surface area contributed by atoms with Crippen LogP contribution in [0.1, 0.15) is 38.4 Å². The van der Waals surface area contributed by atoms with Gasteiger partial charge in [-0.2, -0.15) is 13.2 Å². The van der Waals surface area contributed by atoms with Crippen LogP contribution >= 0.6 is 0 Å². The number of carbonyl (C=O) groups is 1. The number of halogens is 3. The second kappa shape index (κ2) is 11.3. The van der Waals surface area contributed by atoms with Crippen LogP contribution < -0.4 is 10.6 Å². The SMILES string of the molecule is CC(=O)N1CCCC(CCc2nc3c(N4CCOCC4)nc(-c4cnc(N)nc4)nc3n2CC(F)(F)F)CC1. The number of amides is 1. The summed E-state index contributed by atoms with van der Waals surface area (Å²) in [5.74, 6) is 1.41. The number of likely N-dealkylation sites (tertiary alicyclic amines) is 1. The van der Waals surface area contributed by atoms with Crippen LogP contribution in [0.5, 0.6) is 0 Å². The van der Waals surface area contributed by atoms with E-state index in [9.17, 15) is 18.0 Å². The Kier molecular flexibility index (Phi) is 7.82. The third-order valence-corrected chi connectivity index (χ3v) is 7.30. The van der Waals surface area contributed by atoms with Gasteiger partial charge in [0.1, 0.15) is 12.4 Å². The summed E-state index contributed by atoms with van der Waals surface area (Å²) in [4.78, 5) is 37.5. The van der Waals surface area contributed by atoms with Crippen molar-refractivity contribution in [1.29, 1.82) is 0 Å². The monoisotopic (exact) mass is 547 g/mol. The number of fused-ring (bicyclic) bond motifs is 1. The number of nitrogens with zero attached hydrogens (tertiary/aromatic N) is 8. The number of carbonyl (C=O) groups excluding carboxylic acids is 1. The molecule has 2 saturated heterocycles. The van der Waals surface area contributed by atoms with Crippen LogP contribution in [-0.4, -0.2) is 85.9 Å². The number of aromatic nitrogens is 6. The van der Waals surface area contributed by atoms with Crippen molar-refractivity contribution in [2.75, 3.05) is 50.0 Å². The van der Waals surface area contributed by atoms with E-state index in [4.69, 9.17) is 20.4 Å². The minimum absolute atomic E-state index is 0.0548. The summed E-state index contributed by atoms with van der Waals surface area (Å²) in [5, 5.41) is 0. The van der Waals surface area contributed by atoms with Crippen molar-refractivity contribution in [3.63, 3.8) is 0 Å². The van der Waals surface area contributed by atoms with Crippen LogP contribution in [0.25, 0.3) is 22.6 Å². The molecule has 5 rings (SSSR count). The summed E-state index contributed by atoms with van der Waals surface area (Å²) >= 11 is 0. The average Bonchev–Trinajstić information content (AvgIpc) is 3.07. The number of ether oxygens (including phenoxy) is 1. The molecule has 14 heteroatoms. The van der Waals surface area contributed by atoms with E-state index < -0.39 is 12.7 Å². The Labute approximate surface area is 223 Å². The fourth-order valence-corrected chi connectivity index (χ4v) is 5.25. The summed E-state index contributed by atoms with van der Waals surface area (Å²) in [6.45, 7) is 3.74. The fraction of sp³-hybridized carbons (Fsp3) is 0.600. The Bertz CT molecular complexity index is 1310. The van der Waals surface area contributed by atoms with Crippen molar-refractivity contribution < 1.29 is 22.7 Å². The van der Waals surface area contributed by atoms with Crippen molar-refractivity contribution in [3.8, 4) is 11.4 Å². The second-order valence-corrected chi connectivity index (χ2v) is 10.0. The molecule has 3 aromatic heterocycles. The van der Waals surface area contributed by atoms with Gasteiger partial charge in [0.2, 0.25) is 11.9 Å². The van der Waals surface area contributed by atoms with Gasteiger partial charge < -0.3 is 24.8 Å². The quantitative estimate of drug-likeness (QED) is 0.495. The number of nitrogen functional groups attached to an aromatic ring is 1. The van der Waals surface area contributed by atoms with E-state index in [1.54, 1.807) is 6.92 Å². The standard InChI is InChI=1S/C25H32F3N9O2/c1-16(38)35-7-2-3-17(6-8-35)4-5-19-32-20-22(36-9-11-39-12-10-36)33-21(18-13-30-24(29)31-14-18)34-23(20)37(19)15-25(26,27)28/h13-14,17H,2-12,15H2,1H3,(H2,29,30,31). The molecule has 0 bridgehead atoms. The number of alkyl halides is 3. The van der Waals surface area contributed by atoms with Gasteiger partial charge in [-0.25, -0.2) is 24.9 Å². The van der Waals surface area contributed by atoms with E-state index in [1.807, 2.05) is 9.80 Å². The minimum atomic E-state index is -4.47. The number of aryl methyl sites for hydroxylation is 1. The zero-order chi connectivity index (χ0) is 27.6. The molecular formula is C25H32F3N9O2. The van der Waals surface area contributed by atoms with Gasteiger partial charge in [0.25, 0.3) is 0 Å². The molecule has 1 unspecified atom stereocenters. The zero-order valence-electron chi connectivity index (χ0n) is 21.8. The lowest BCUT2D eigenvalue weighted by Gasteiger charge is -2.28. The smallest absolute Gasteiger partial charge is 0.378 e. The number of anilines is 2. The summed E-state index contributed by atoms with van der Waals surface area (Å²) in [7, 11) is 0. The maximum Gasteiger partial charge on any atom is 0.406 e. The van der Waals surface area contributed by atoms with Gasteiger partial charge in [-0.05, 0) is 31.6 Å². The van der Waals surface area contributed by atoms with Crippen LogP contribution in [0.15, 0.2) is 12.4 Å². The van der Waals surface area contributed by atoms with Crippen LogP contribution in [-0.2, 0) is 22.5 Å². The first-order chi connectivity index (χ1) is 18.7. The molecule has 0 spiro atoms. The molecule has 2 aliphatic heterocycles. The number of morpholine rings is 1. The average molecular weight is 548 g/mol. The van der Waals surface area contributed by atoms with Gasteiger partial charge >= 0.3 is 6.18 Å². The highest BCUT2D eigenvalue weighted by Crippen LogP contribution is 2.32. The molecule has 2 N–H and O–H groups in total. The van der Waals surface area contributed by atoms with Crippen LogP contribution in [0, 0.1) is 5.92 Å². The van der Waals surface area contributed by atoms with Gasteiger partial charge in [0.05, 0.1) is 18.8 Å². The fourth-order valence-electron chi connectivity index (χ4n) is 5.25. The van der Waals surface area contributed by atoms with Crippen LogP contribution in [0.4, 0.5) is 24.9 Å². The highest BCUT2D eigenvalue weighted by atomic mass is 19.4. The maximum atomic E-state index is 13.8. The van der Waals surface area contributed by atoms with Crippen molar-refractivity contribution in [2.24, 2.45) is 5.92 Å². The molecule has 1 atom stereocenters. The number of rotatable bonds is 6. The molecule has 2 fully saturated rings. The molecule has 210 valence electrons. The molecule has 0 radical (unpaired) electrons. The van der Waals surface area contributed by atoms with Crippen molar-refractivity contribution in [1.82, 2.24) is 34.4 Å². The molecule has 0 saturated carbocycles. The first-order valence-electron chi connectivity index (χ1n) is 13.2. The van der Waals surface area contributed by atoms with Gasteiger partial charge in [-0.15, -0.1) is 0 Å². The normalized spacial score (nSPS) is 18.9. The van der Waals surface area contributed by atoms with Gasteiger partial charge in [-0.1, -0.05) is 0 Å². The van der Waals surface area contributed by atoms with E-state index in [0.717, 1.165) is 19.3 Å². The molecule has 39 heavy (non-hydrogen) atoms. The third kappa shape index (κ3) is 6.37. The molecule has 0 aliphatic carbocycles. The lowest BCUT2D eigenvalue weighted by Crippen LogP contribution is -2.37. The van der Waals surface area contributed by atoms with Gasteiger partial charge in [-0.3, -0.25) is 4.79 Å². The van der Waals surface area contributed by atoms with Gasteiger partial charge in [0.15, 0.2) is 22.8 Å². The second-order valence-electron chi connectivity index (χ2n) is 10.0. The zero-order valence-corrected chi connectivity index (χ0v) is 21.8. The Morgan fingerprint density at radius 2 is 1.82 bits per heavy atom. The Morgan fingerprint density at radius 1 is 1.08 bits per heavy atom. The summed E-state index contributed by atoms with van der Waals surface area (Å²) < 4.78 is 48.1. The predicted molar refractivity (Wildman–Crippen MR) is 138 cm³/mol. The summed E-state index contributed by atoms with van der Waals surface area (Å²) in [6.07, 6.45) is 2.08. The minimum Gasteiger partial charge on any atom is -0.378 e. The van der Waals surface area contributed by atoms with E-state index in [0.29, 0.717) is 80.9 Å². The first-order valence-corrected chi connectivity index (χ1v) is 13.2. The largest absolute Gasteiger partial charge is 0.406 e. The van der Waals surface area contributed by atoms with E-state index in [1.165, 1.54) is 17.0 Å². The lowest BCUT2D eigenvalue weighted by molar-refractivity contribution is -0.140. The number of hydrogen-bond acceptors (Lipinski definition) is 9. The van der Waals surface area contributed by atoms with E-state index in [-0.39, 0.29) is 23.3 Å². The van der Waals surface area contributed by atoms with E-state index in [2.05, 4.69) is 15.0 Å². The van der Waals surface area contributed by atoms with Crippen molar-refractivity contribution in [2.45, 2.75) is 51.7 Å². The number of nitrogens with two attached hydrogens (primary N) is 1. The van der Waals surface area contributed by atoms with Crippen LogP contribution in [0.3, 0.4) is 0 Å². The highest BCUT2D eigenvalue weighted by molar-refractivity contribution is 5.86. The highest BCUT2D eigenvalue weighted by Gasteiger charge is 2.33. The van der Waals surface area contributed by atoms with Crippen molar-refractivity contribution >= 4 is 28.8 Å². The molecule has 11 nitrogen and oxygen atoms in total. The van der Waals surface area contributed by atoms with Crippen LogP contribution in [0.2, 0.25) is 0 Å². The number of imidazole rings is 1. The summed E-state index contributed by atoms with van der Waals surface area (Å²) in [6, 6.07) is 0. The molecule has 1 amide bonds. The lowest BCUT2D eigenvalue weighted by atomic mass is 9.95. The maximum absolute atomic E-state index is 13.8. The molecule has 5 heterocycles. The topological polar surface area (TPSA) is 128 Å². The first kappa shape index (κ1) is 27.0. The summed E-state index contributed by atoms with van der Waals surface area (Å²) in [5.41, 5.74) is 6.52. The predicted octanol–water partition coefficient (Wildman–Crippen LogP) is 2.85. The van der Waals surface area contributed by atoms with E-state index >= 15 is 0 Å². The third-order valence-electron chi connectivity index (χ3n) is 7.30. The Hall–Kier alpha value is -3.55. The molecule has 2 aliphatic rings. The molecule has 0 aromatic carbocycles. The molecular weight excluding hydrogens is 515 g/mol. The Morgan fingerprint density at radius 3 is 2.51 bits per heavy atom.